The van der Waals surface area contributed by atoms with Gasteiger partial charge in [-0.25, -0.2) is 0 Å². The fourth-order valence-corrected chi connectivity index (χ4v) is 1.66. The quantitative estimate of drug-likeness (QED) is 0.747. The summed E-state index contributed by atoms with van der Waals surface area (Å²) in [6.45, 7) is 2.95. The van der Waals surface area contributed by atoms with Crippen molar-refractivity contribution < 1.29 is 0 Å². The third-order valence-electron chi connectivity index (χ3n) is 2.15. The molecule has 0 saturated carbocycles. The zero-order chi connectivity index (χ0) is 9.68. The van der Waals surface area contributed by atoms with E-state index < -0.39 is 0 Å². The van der Waals surface area contributed by atoms with Crippen LogP contribution in [0.4, 0.5) is 0 Å². The van der Waals surface area contributed by atoms with E-state index in [0.29, 0.717) is 5.92 Å². The lowest BCUT2D eigenvalue weighted by Gasteiger charge is -2.08. The Morgan fingerprint density at radius 2 is 1.92 bits per heavy atom. The second-order valence-electron chi connectivity index (χ2n) is 3.39. The number of benzene rings is 1. The minimum absolute atomic E-state index is 0.583. The second-order valence-corrected chi connectivity index (χ2v) is 4.27. The molecule has 13 heavy (non-hydrogen) atoms. The van der Waals surface area contributed by atoms with E-state index in [0.717, 1.165) is 13.0 Å². The zero-order valence-electron chi connectivity index (χ0n) is 8.29. The Hall–Kier alpha value is -0.470. The summed E-state index contributed by atoms with van der Waals surface area (Å²) < 4.78 is 0. The lowest BCUT2D eigenvalue weighted by molar-refractivity contribution is 0.593. The van der Waals surface area contributed by atoms with Gasteiger partial charge in [0.05, 0.1) is 0 Å². The fourth-order valence-electron chi connectivity index (χ4n) is 1.25. The number of thioether (sulfide) groups is 1. The van der Waals surface area contributed by atoms with E-state index in [-0.39, 0.29) is 0 Å². The van der Waals surface area contributed by atoms with E-state index in [1.54, 1.807) is 11.8 Å². The number of rotatable bonds is 4. The Morgan fingerprint density at radius 1 is 1.31 bits per heavy atom. The van der Waals surface area contributed by atoms with Gasteiger partial charge in [0, 0.05) is 4.90 Å². The van der Waals surface area contributed by atoms with E-state index in [1.165, 1.54) is 10.5 Å². The van der Waals surface area contributed by atoms with Crippen LogP contribution in [-0.2, 0) is 6.42 Å². The van der Waals surface area contributed by atoms with Crippen LogP contribution in [0.3, 0.4) is 0 Å². The Labute approximate surface area is 84.7 Å². The lowest BCUT2D eigenvalue weighted by Crippen LogP contribution is -2.12. The van der Waals surface area contributed by atoms with Gasteiger partial charge in [-0.2, -0.15) is 0 Å². The summed E-state index contributed by atoms with van der Waals surface area (Å²) in [5.74, 6) is 0.583. The molecule has 0 aliphatic heterocycles. The SMILES string of the molecule is CSc1ccc(CC(C)CN)cc1. The van der Waals surface area contributed by atoms with Crippen molar-refractivity contribution in [1.82, 2.24) is 0 Å². The van der Waals surface area contributed by atoms with Crippen LogP contribution >= 0.6 is 11.8 Å². The molecule has 0 heterocycles. The molecule has 0 amide bonds. The van der Waals surface area contributed by atoms with Crippen LogP contribution in [0, 0.1) is 5.92 Å². The van der Waals surface area contributed by atoms with Gasteiger partial charge in [-0.15, -0.1) is 11.8 Å². The summed E-state index contributed by atoms with van der Waals surface area (Å²) in [5.41, 5.74) is 6.96. The van der Waals surface area contributed by atoms with Gasteiger partial charge in [0.25, 0.3) is 0 Å². The van der Waals surface area contributed by atoms with E-state index in [2.05, 4.69) is 37.4 Å². The Balaban J connectivity index is 2.58. The van der Waals surface area contributed by atoms with E-state index in [9.17, 15) is 0 Å². The van der Waals surface area contributed by atoms with Crippen molar-refractivity contribution >= 4 is 11.8 Å². The van der Waals surface area contributed by atoms with E-state index >= 15 is 0 Å². The minimum atomic E-state index is 0.583. The van der Waals surface area contributed by atoms with Gasteiger partial charge in [0.15, 0.2) is 0 Å². The van der Waals surface area contributed by atoms with Crippen LogP contribution in [0.25, 0.3) is 0 Å². The standard InChI is InChI=1S/C11H17NS/c1-9(8-12)7-10-3-5-11(13-2)6-4-10/h3-6,9H,7-8,12H2,1-2H3. The fraction of sp³-hybridized carbons (Fsp3) is 0.455. The number of hydrogen-bond donors (Lipinski definition) is 1. The Morgan fingerprint density at radius 3 is 2.38 bits per heavy atom. The summed E-state index contributed by atoms with van der Waals surface area (Å²) in [5, 5.41) is 0. The molecular formula is C11H17NS. The lowest BCUT2D eigenvalue weighted by atomic mass is 10.0. The largest absolute Gasteiger partial charge is 0.330 e. The molecule has 72 valence electrons. The first kappa shape index (κ1) is 10.6. The molecule has 1 atom stereocenters. The summed E-state index contributed by atoms with van der Waals surface area (Å²) >= 11 is 1.78. The maximum Gasteiger partial charge on any atom is 0.00693 e. The molecule has 0 bridgehead atoms. The summed E-state index contributed by atoms with van der Waals surface area (Å²) in [4.78, 5) is 1.32. The van der Waals surface area contributed by atoms with Crippen LogP contribution in [0.15, 0.2) is 29.2 Å². The molecular weight excluding hydrogens is 178 g/mol. The van der Waals surface area contributed by atoms with Crippen molar-refractivity contribution in [2.24, 2.45) is 11.7 Å². The van der Waals surface area contributed by atoms with E-state index in [4.69, 9.17) is 5.73 Å². The van der Waals surface area contributed by atoms with Gasteiger partial charge in [-0.3, -0.25) is 0 Å². The van der Waals surface area contributed by atoms with Crippen LogP contribution in [-0.4, -0.2) is 12.8 Å². The highest BCUT2D eigenvalue weighted by atomic mass is 32.2. The first-order valence-electron chi connectivity index (χ1n) is 4.59. The van der Waals surface area contributed by atoms with Gasteiger partial charge in [-0.1, -0.05) is 19.1 Å². The third kappa shape index (κ3) is 3.41. The van der Waals surface area contributed by atoms with Crippen LogP contribution in [0.5, 0.6) is 0 Å². The smallest absolute Gasteiger partial charge is 0.00693 e. The van der Waals surface area contributed by atoms with Gasteiger partial charge in [-0.05, 0) is 42.8 Å². The highest BCUT2D eigenvalue weighted by Gasteiger charge is 2.00. The molecule has 0 saturated heterocycles. The van der Waals surface area contributed by atoms with Gasteiger partial charge < -0.3 is 5.73 Å². The molecule has 0 aromatic heterocycles. The predicted molar refractivity (Wildman–Crippen MR) is 60.1 cm³/mol. The minimum Gasteiger partial charge on any atom is -0.330 e. The molecule has 1 rings (SSSR count). The average molecular weight is 195 g/mol. The molecule has 1 unspecified atom stereocenters. The molecule has 2 heteroatoms. The van der Waals surface area contributed by atoms with Crippen molar-refractivity contribution in [2.75, 3.05) is 12.8 Å². The normalized spacial score (nSPS) is 12.8. The molecule has 0 aliphatic rings. The molecule has 2 N–H and O–H groups in total. The highest BCUT2D eigenvalue weighted by Crippen LogP contribution is 2.16. The summed E-state index contributed by atoms with van der Waals surface area (Å²) in [7, 11) is 0. The zero-order valence-corrected chi connectivity index (χ0v) is 9.10. The molecule has 0 radical (unpaired) electrons. The predicted octanol–water partition coefficient (Wildman–Crippen LogP) is 2.55. The number of nitrogens with two attached hydrogens (primary N) is 1. The van der Waals surface area contributed by atoms with Crippen LogP contribution < -0.4 is 5.73 Å². The molecule has 0 fully saturated rings. The topological polar surface area (TPSA) is 26.0 Å². The maximum atomic E-state index is 5.57. The Bertz CT molecular complexity index is 243. The first-order valence-corrected chi connectivity index (χ1v) is 5.81. The Kier molecular flexibility index (Phi) is 4.33. The summed E-state index contributed by atoms with van der Waals surface area (Å²) in [6, 6.07) is 8.72. The van der Waals surface area contributed by atoms with Crippen molar-refractivity contribution in [3.63, 3.8) is 0 Å². The van der Waals surface area contributed by atoms with Crippen molar-refractivity contribution in [2.45, 2.75) is 18.2 Å². The molecule has 1 aromatic carbocycles. The van der Waals surface area contributed by atoms with Crippen molar-refractivity contribution in [3.8, 4) is 0 Å². The van der Waals surface area contributed by atoms with Crippen LogP contribution in [0.1, 0.15) is 12.5 Å². The summed E-state index contributed by atoms with van der Waals surface area (Å²) in [6.07, 6.45) is 3.18. The molecule has 0 aliphatic carbocycles. The van der Waals surface area contributed by atoms with Gasteiger partial charge in [0.2, 0.25) is 0 Å². The van der Waals surface area contributed by atoms with Crippen molar-refractivity contribution in [1.29, 1.82) is 0 Å². The monoisotopic (exact) mass is 195 g/mol. The highest BCUT2D eigenvalue weighted by molar-refractivity contribution is 7.98. The molecule has 0 spiro atoms. The maximum absolute atomic E-state index is 5.57. The van der Waals surface area contributed by atoms with Crippen molar-refractivity contribution in [3.05, 3.63) is 29.8 Å². The first-order chi connectivity index (χ1) is 6.26. The van der Waals surface area contributed by atoms with Crippen LogP contribution in [0.2, 0.25) is 0 Å². The van der Waals surface area contributed by atoms with Gasteiger partial charge >= 0.3 is 0 Å². The van der Waals surface area contributed by atoms with Gasteiger partial charge in [0.1, 0.15) is 0 Å². The second kappa shape index (κ2) is 5.30. The number of hydrogen-bond acceptors (Lipinski definition) is 2. The van der Waals surface area contributed by atoms with E-state index in [1.807, 2.05) is 0 Å². The molecule has 1 aromatic rings. The molecule has 1 nitrogen and oxygen atoms in total. The average Bonchev–Trinajstić information content (AvgIpc) is 2.19. The third-order valence-corrected chi connectivity index (χ3v) is 2.89.